The van der Waals surface area contributed by atoms with Crippen LogP contribution in [-0.2, 0) is 0 Å². The molecule has 0 saturated heterocycles. The zero-order valence-corrected chi connectivity index (χ0v) is 11.5. The zero-order chi connectivity index (χ0) is 13.9. The van der Waals surface area contributed by atoms with Crippen LogP contribution in [0.1, 0.15) is 11.4 Å². The fraction of sp³-hybridized carbons (Fsp3) is 0.118. The first-order chi connectivity index (χ1) is 9.74. The van der Waals surface area contributed by atoms with Crippen molar-refractivity contribution in [2.24, 2.45) is 0 Å². The smallest absolute Gasteiger partial charge is 0.125 e. The zero-order valence-electron chi connectivity index (χ0n) is 11.5. The maximum absolute atomic E-state index is 4.76. The molecule has 0 amide bonds. The minimum atomic E-state index is 0.769. The Morgan fingerprint density at radius 1 is 0.750 bits per heavy atom. The molecular formula is C17H15N3. The van der Waals surface area contributed by atoms with E-state index in [4.69, 9.17) is 4.98 Å². The summed E-state index contributed by atoms with van der Waals surface area (Å²) in [7, 11) is 0. The summed E-state index contributed by atoms with van der Waals surface area (Å²) < 4.78 is 0. The summed E-state index contributed by atoms with van der Waals surface area (Å²) in [6.07, 6.45) is 3.65. The molecule has 3 nitrogen and oxygen atoms in total. The van der Waals surface area contributed by atoms with Gasteiger partial charge < -0.3 is 0 Å². The summed E-state index contributed by atoms with van der Waals surface area (Å²) in [6.45, 7) is 3.93. The molecule has 0 unspecified atom stereocenters. The molecule has 0 aliphatic carbocycles. The molecule has 2 heterocycles. The van der Waals surface area contributed by atoms with E-state index in [0.717, 1.165) is 33.9 Å². The molecule has 98 valence electrons. The molecule has 3 aromatic rings. The largest absolute Gasteiger partial charge is 0.247 e. The van der Waals surface area contributed by atoms with Gasteiger partial charge in [0.15, 0.2) is 0 Å². The summed E-state index contributed by atoms with van der Waals surface area (Å²) in [5, 5.41) is 0. The highest BCUT2D eigenvalue weighted by atomic mass is 14.9. The number of hydrogen-bond acceptors (Lipinski definition) is 3. The number of nitrogens with zero attached hydrogens (tertiary/aromatic N) is 3. The van der Waals surface area contributed by atoms with E-state index < -0.39 is 0 Å². The third-order valence-corrected chi connectivity index (χ3v) is 3.22. The Kier molecular flexibility index (Phi) is 3.25. The van der Waals surface area contributed by atoms with Gasteiger partial charge >= 0.3 is 0 Å². The average molecular weight is 261 g/mol. The molecule has 0 radical (unpaired) electrons. The standard InChI is InChI=1S/C17H15N3/c1-12-8-9-16(14-6-4-3-5-7-14)20-17(12)15-10-18-13(2)19-11-15/h3-11H,1-2H3. The van der Waals surface area contributed by atoms with Gasteiger partial charge in [-0.15, -0.1) is 0 Å². The lowest BCUT2D eigenvalue weighted by atomic mass is 10.1. The third kappa shape index (κ3) is 2.43. The molecular weight excluding hydrogens is 246 g/mol. The maximum atomic E-state index is 4.76. The molecule has 0 aliphatic rings. The van der Waals surface area contributed by atoms with Gasteiger partial charge in [-0.05, 0) is 25.5 Å². The highest BCUT2D eigenvalue weighted by molar-refractivity contribution is 5.67. The topological polar surface area (TPSA) is 38.7 Å². The molecule has 3 heteroatoms. The van der Waals surface area contributed by atoms with Crippen LogP contribution in [0.4, 0.5) is 0 Å². The number of benzene rings is 1. The van der Waals surface area contributed by atoms with E-state index in [1.165, 1.54) is 0 Å². The monoisotopic (exact) mass is 261 g/mol. The Morgan fingerprint density at radius 3 is 2.15 bits per heavy atom. The molecule has 20 heavy (non-hydrogen) atoms. The van der Waals surface area contributed by atoms with Crippen molar-refractivity contribution in [2.45, 2.75) is 13.8 Å². The summed E-state index contributed by atoms with van der Waals surface area (Å²) in [6, 6.07) is 14.3. The fourth-order valence-electron chi connectivity index (χ4n) is 2.11. The van der Waals surface area contributed by atoms with Crippen LogP contribution in [0.15, 0.2) is 54.9 Å². The summed E-state index contributed by atoms with van der Waals surface area (Å²) in [5.41, 5.74) is 5.09. The van der Waals surface area contributed by atoms with Crippen molar-refractivity contribution in [3.05, 3.63) is 66.2 Å². The number of pyridine rings is 1. The quantitative estimate of drug-likeness (QED) is 0.704. The third-order valence-electron chi connectivity index (χ3n) is 3.22. The molecule has 2 aromatic heterocycles. The van der Waals surface area contributed by atoms with Crippen LogP contribution in [0.2, 0.25) is 0 Å². The second-order valence-electron chi connectivity index (χ2n) is 4.75. The van der Waals surface area contributed by atoms with E-state index >= 15 is 0 Å². The van der Waals surface area contributed by atoms with Gasteiger partial charge in [-0.3, -0.25) is 0 Å². The predicted octanol–water partition coefficient (Wildman–Crippen LogP) is 3.82. The van der Waals surface area contributed by atoms with Gasteiger partial charge in [0.2, 0.25) is 0 Å². The van der Waals surface area contributed by atoms with Gasteiger partial charge in [-0.2, -0.15) is 0 Å². The minimum absolute atomic E-state index is 0.769. The van der Waals surface area contributed by atoms with Gasteiger partial charge in [0.05, 0.1) is 11.4 Å². The molecule has 0 spiro atoms. The highest BCUT2D eigenvalue weighted by Crippen LogP contribution is 2.24. The van der Waals surface area contributed by atoms with Crippen molar-refractivity contribution >= 4 is 0 Å². The van der Waals surface area contributed by atoms with Crippen molar-refractivity contribution in [3.8, 4) is 22.5 Å². The van der Waals surface area contributed by atoms with Crippen molar-refractivity contribution in [3.63, 3.8) is 0 Å². The van der Waals surface area contributed by atoms with Crippen LogP contribution >= 0.6 is 0 Å². The van der Waals surface area contributed by atoms with Gasteiger partial charge in [0.1, 0.15) is 5.82 Å². The normalized spacial score (nSPS) is 10.5. The molecule has 0 bridgehead atoms. The lowest BCUT2D eigenvalue weighted by Crippen LogP contribution is -1.94. The minimum Gasteiger partial charge on any atom is -0.247 e. The SMILES string of the molecule is Cc1ncc(-c2nc(-c3ccccc3)ccc2C)cn1. The van der Waals surface area contributed by atoms with Crippen LogP contribution in [0.3, 0.4) is 0 Å². The van der Waals surface area contributed by atoms with Gasteiger partial charge in [-0.25, -0.2) is 15.0 Å². The first-order valence-electron chi connectivity index (χ1n) is 6.56. The Bertz CT molecular complexity index is 719. The van der Waals surface area contributed by atoms with E-state index in [2.05, 4.69) is 35.1 Å². The van der Waals surface area contributed by atoms with Crippen LogP contribution in [0, 0.1) is 13.8 Å². The molecule has 1 aromatic carbocycles. The first kappa shape index (κ1) is 12.5. The van der Waals surface area contributed by atoms with Gasteiger partial charge in [0.25, 0.3) is 0 Å². The summed E-state index contributed by atoms with van der Waals surface area (Å²) in [4.78, 5) is 13.3. The molecule has 0 fully saturated rings. The van der Waals surface area contributed by atoms with Crippen LogP contribution in [0.25, 0.3) is 22.5 Å². The van der Waals surface area contributed by atoms with Crippen molar-refractivity contribution in [1.29, 1.82) is 0 Å². The average Bonchev–Trinajstić information content (AvgIpc) is 2.50. The van der Waals surface area contributed by atoms with Crippen molar-refractivity contribution < 1.29 is 0 Å². The Morgan fingerprint density at radius 2 is 1.45 bits per heavy atom. The fourth-order valence-corrected chi connectivity index (χ4v) is 2.11. The van der Waals surface area contributed by atoms with Crippen LogP contribution in [0.5, 0.6) is 0 Å². The van der Waals surface area contributed by atoms with Gasteiger partial charge in [0, 0.05) is 23.5 Å². The lowest BCUT2D eigenvalue weighted by molar-refractivity contribution is 1.05. The second-order valence-corrected chi connectivity index (χ2v) is 4.75. The molecule has 0 N–H and O–H groups in total. The van der Waals surface area contributed by atoms with E-state index in [-0.39, 0.29) is 0 Å². The summed E-state index contributed by atoms with van der Waals surface area (Å²) >= 11 is 0. The number of aryl methyl sites for hydroxylation is 2. The Balaban J connectivity index is 2.10. The number of rotatable bonds is 2. The molecule has 0 saturated carbocycles. The van der Waals surface area contributed by atoms with Gasteiger partial charge in [-0.1, -0.05) is 36.4 Å². The number of hydrogen-bond donors (Lipinski definition) is 0. The Hall–Kier alpha value is -2.55. The Labute approximate surface area is 118 Å². The highest BCUT2D eigenvalue weighted by Gasteiger charge is 2.07. The molecule has 0 atom stereocenters. The number of aromatic nitrogens is 3. The molecule has 3 rings (SSSR count). The van der Waals surface area contributed by atoms with E-state index in [1.807, 2.05) is 43.6 Å². The second kappa shape index (κ2) is 5.21. The first-order valence-corrected chi connectivity index (χ1v) is 6.56. The predicted molar refractivity (Wildman–Crippen MR) is 80.2 cm³/mol. The van der Waals surface area contributed by atoms with Crippen LogP contribution in [-0.4, -0.2) is 15.0 Å². The van der Waals surface area contributed by atoms with E-state index in [1.54, 1.807) is 0 Å². The lowest BCUT2D eigenvalue weighted by Gasteiger charge is -2.08. The van der Waals surface area contributed by atoms with Crippen molar-refractivity contribution in [2.75, 3.05) is 0 Å². The van der Waals surface area contributed by atoms with Crippen LogP contribution < -0.4 is 0 Å². The maximum Gasteiger partial charge on any atom is 0.125 e. The summed E-state index contributed by atoms with van der Waals surface area (Å²) in [5.74, 6) is 0.769. The van der Waals surface area contributed by atoms with E-state index in [9.17, 15) is 0 Å². The van der Waals surface area contributed by atoms with E-state index in [0.29, 0.717) is 0 Å². The van der Waals surface area contributed by atoms with Crippen molar-refractivity contribution in [1.82, 2.24) is 15.0 Å². The molecule has 0 aliphatic heterocycles.